The molecule has 0 bridgehead atoms. The van der Waals surface area contributed by atoms with Gasteiger partial charge >= 0.3 is 0 Å². The molecule has 0 fully saturated rings. The number of rotatable bonds is 1. The summed E-state index contributed by atoms with van der Waals surface area (Å²) in [6.07, 6.45) is 4.80. The fourth-order valence-electron chi connectivity index (χ4n) is 7.14. The van der Waals surface area contributed by atoms with Crippen LogP contribution in [0.2, 0.25) is 0 Å². The summed E-state index contributed by atoms with van der Waals surface area (Å²) < 4.78 is 2.65. The van der Waals surface area contributed by atoms with Gasteiger partial charge in [0.1, 0.15) is 0 Å². The van der Waals surface area contributed by atoms with E-state index >= 15 is 0 Å². The lowest BCUT2D eigenvalue weighted by atomic mass is 9.67. The van der Waals surface area contributed by atoms with Gasteiger partial charge in [0.2, 0.25) is 0 Å². The molecule has 0 radical (unpaired) electrons. The number of para-hydroxylation sites is 1. The summed E-state index contributed by atoms with van der Waals surface area (Å²) in [4.78, 5) is 0. The van der Waals surface area contributed by atoms with E-state index < -0.39 is 0 Å². The van der Waals surface area contributed by atoms with Gasteiger partial charge in [0.05, 0.1) is 16.6 Å². The van der Waals surface area contributed by atoms with Gasteiger partial charge < -0.3 is 4.57 Å². The minimum atomic E-state index is -0.0526. The highest BCUT2D eigenvalue weighted by Gasteiger charge is 2.43. The van der Waals surface area contributed by atoms with E-state index in [0.29, 0.717) is 0 Å². The molecule has 3 aromatic carbocycles. The molecule has 0 saturated heterocycles. The second-order valence-electron chi connectivity index (χ2n) is 11.6. The summed E-state index contributed by atoms with van der Waals surface area (Å²) in [6, 6.07) is 19.0. The maximum absolute atomic E-state index is 2.65. The van der Waals surface area contributed by atoms with Crippen LogP contribution in [0.1, 0.15) is 68.4 Å². The van der Waals surface area contributed by atoms with Crippen LogP contribution in [0.3, 0.4) is 0 Å². The number of hydrogen-bond acceptors (Lipinski definition) is 0. The molecule has 3 heterocycles. The number of fused-ring (bicyclic) bond motifs is 1. The maximum atomic E-state index is 2.65. The SMILES string of the molecule is Cc1cc(C)cc(-c2cc3c4c(c2)c2c5n4-c4c(cccc4C3(C)C)C(C)(C)C=5CCC=2)c1. The number of aromatic nitrogens is 1. The van der Waals surface area contributed by atoms with Crippen molar-refractivity contribution >= 4 is 22.6 Å². The van der Waals surface area contributed by atoms with Crippen molar-refractivity contribution in [3.05, 3.63) is 86.9 Å². The lowest BCUT2D eigenvalue weighted by Crippen LogP contribution is -2.45. The number of aryl methyl sites for hydroxylation is 2. The Morgan fingerprint density at radius 1 is 0.758 bits per heavy atom. The second kappa shape index (κ2) is 5.89. The lowest BCUT2D eigenvalue weighted by Gasteiger charge is -2.42. The van der Waals surface area contributed by atoms with Gasteiger partial charge in [-0.15, -0.1) is 0 Å². The number of nitrogens with zero attached hydrogens (tertiary/aromatic N) is 1. The van der Waals surface area contributed by atoms with E-state index in [4.69, 9.17) is 0 Å². The van der Waals surface area contributed by atoms with E-state index in [2.05, 4.69) is 101 Å². The zero-order valence-electron chi connectivity index (χ0n) is 20.6. The van der Waals surface area contributed by atoms with E-state index in [1.807, 2.05) is 0 Å². The smallest absolute Gasteiger partial charge is 0.0582 e. The molecule has 0 amide bonds. The molecule has 0 spiro atoms. The lowest BCUT2D eigenvalue weighted by molar-refractivity contribution is 0.591. The highest BCUT2D eigenvalue weighted by Crippen LogP contribution is 2.51. The molecule has 2 aliphatic heterocycles. The molecule has 1 aliphatic carbocycles. The molecule has 0 unspecified atom stereocenters. The van der Waals surface area contributed by atoms with Crippen molar-refractivity contribution in [2.24, 2.45) is 0 Å². The summed E-state index contributed by atoms with van der Waals surface area (Å²) in [5, 5.41) is 4.38. The highest BCUT2D eigenvalue weighted by molar-refractivity contribution is 5.96. The predicted molar refractivity (Wildman–Crippen MR) is 140 cm³/mol. The molecule has 33 heavy (non-hydrogen) atoms. The highest BCUT2D eigenvalue weighted by atomic mass is 15.0. The van der Waals surface area contributed by atoms with Crippen molar-refractivity contribution in [2.45, 2.75) is 65.2 Å². The standard InChI is InChI=1S/C32H31N/c1-18-13-19(2)15-20(14-18)21-16-23-22-9-7-10-24-28(22)33-29(23)27(17-21)32(5,6)26-12-8-11-25(30(26)33)31(24,3)4/h8-9,11-17H,7,10H2,1-6H3. The van der Waals surface area contributed by atoms with Crippen molar-refractivity contribution in [3.63, 3.8) is 0 Å². The van der Waals surface area contributed by atoms with Crippen molar-refractivity contribution in [1.82, 2.24) is 4.57 Å². The predicted octanol–water partition coefficient (Wildman–Crippen LogP) is 6.57. The zero-order valence-corrected chi connectivity index (χ0v) is 20.6. The summed E-state index contributed by atoms with van der Waals surface area (Å²) in [5.74, 6) is 0. The first-order chi connectivity index (χ1) is 15.7. The first kappa shape index (κ1) is 19.4. The first-order valence-electron chi connectivity index (χ1n) is 12.4. The van der Waals surface area contributed by atoms with Gasteiger partial charge in [0, 0.05) is 21.4 Å². The minimum absolute atomic E-state index is 0.0526. The van der Waals surface area contributed by atoms with Gasteiger partial charge in [0.15, 0.2) is 0 Å². The Morgan fingerprint density at radius 3 is 2.15 bits per heavy atom. The normalized spacial score (nSPS) is 18.4. The van der Waals surface area contributed by atoms with Crippen LogP contribution in [0.25, 0.3) is 39.4 Å². The van der Waals surface area contributed by atoms with Crippen LogP contribution in [-0.4, -0.2) is 4.57 Å². The summed E-state index contributed by atoms with van der Waals surface area (Å²) in [7, 11) is 0. The van der Waals surface area contributed by atoms with Gasteiger partial charge in [-0.05, 0) is 72.2 Å². The van der Waals surface area contributed by atoms with Crippen LogP contribution in [0.5, 0.6) is 0 Å². The summed E-state index contributed by atoms with van der Waals surface area (Å²) >= 11 is 0. The monoisotopic (exact) mass is 429 g/mol. The molecular formula is C32H31N. The molecule has 7 rings (SSSR count). The van der Waals surface area contributed by atoms with E-state index in [-0.39, 0.29) is 10.8 Å². The Balaban J connectivity index is 1.75. The third-order valence-corrected chi connectivity index (χ3v) is 8.72. The fraction of sp³-hybridized carbons (Fsp3) is 0.312. The van der Waals surface area contributed by atoms with Gasteiger partial charge in [-0.2, -0.15) is 0 Å². The molecule has 1 aromatic heterocycles. The molecule has 4 aromatic rings. The second-order valence-corrected chi connectivity index (χ2v) is 11.6. The van der Waals surface area contributed by atoms with Gasteiger partial charge in [0.25, 0.3) is 0 Å². The van der Waals surface area contributed by atoms with Gasteiger partial charge in [-0.1, -0.05) is 81.3 Å². The average Bonchev–Trinajstić information content (AvgIpc) is 3.10. The third kappa shape index (κ3) is 2.24. The fourth-order valence-corrected chi connectivity index (χ4v) is 7.14. The average molecular weight is 430 g/mol. The Labute approximate surface area is 196 Å². The van der Waals surface area contributed by atoms with Crippen LogP contribution in [0.4, 0.5) is 0 Å². The summed E-state index contributed by atoms with van der Waals surface area (Å²) in [6.45, 7) is 14.1. The Bertz CT molecular complexity index is 1650. The Kier molecular flexibility index (Phi) is 3.46. The van der Waals surface area contributed by atoms with E-state index in [1.54, 1.807) is 5.57 Å². The minimum Gasteiger partial charge on any atom is -0.308 e. The van der Waals surface area contributed by atoms with Crippen LogP contribution in [0.15, 0.2) is 48.5 Å². The van der Waals surface area contributed by atoms with Crippen LogP contribution in [-0.2, 0) is 10.8 Å². The van der Waals surface area contributed by atoms with Crippen molar-refractivity contribution in [2.75, 3.05) is 0 Å². The largest absolute Gasteiger partial charge is 0.308 e. The number of benzene rings is 3. The molecule has 0 saturated carbocycles. The molecule has 0 atom stereocenters. The van der Waals surface area contributed by atoms with Crippen molar-refractivity contribution in [1.29, 1.82) is 0 Å². The Morgan fingerprint density at radius 2 is 1.42 bits per heavy atom. The van der Waals surface area contributed by atoms with Crippen molar-refractivity contribution in [3.8, 4) is 16.8 Å². The van der Waals surface area contributed by atoms with E-state index in [1.165, 1.54) is 66.1 Å². The van der Waals surface area contributed by atoms with Crippen LogP contribution in [0, 0.1) is 13.8 Å². The molecular weight excluding hydrogens is 398 g/mol. The zero-order chi connectivity index (χ0) is 22.9. The topological polar surface area (TPSA) is 4.93 Å². The molecule has 1 nitrogen and oxygen atoms in total. The molecule has 3 aliphatic rings. The molecule has 1 heteroatoms. The van der Waals surface area contributed by atoms with Gasteiger partial charge in [-0.3, -0.25) is 0 Å². The van der Waals surface area contributed by atoms with E-state index in [0.717, 1.165) is 12.8 Å². The molecule has 164 valence electrons. The third-order valence-electron chi connectivity index (χ3n) is 8.72. The van der Waals surface area contributed by atoms with Crippen LogP contribution >= 0.6 is 0 Å². The van der Waals surface area contributed by atoms with Crippen molar-refractivity contribution < 1.29 is 0 Å². The Hall–Kier alpha value is -3.06. The summed E-state index contributed by atoms with van der Waals surface area (Å²) in [5.41, 5.74) is 14.2. The number of hydrogen-bond donors (Lipinski definition) is 0. The maximum Gasteiger partial charge on any atom is 0.0582 e. The quantitative estimate of drug-likeness (QED) is 0.322. The van der Waals surface area contributed by atoms with Crippen LogP contribution < -0.4 is 10.6 Å². The van der Waals surface area contributed by atoms with Gasteiger partial charge in [-0.25, -0.2) is 0 Å². The van der Waals surface area contributed by atoms with E-state index in [9.17, 15) is 0 Å². The molecule has 0 N–H and O–H groups in total. The first-order valence-corrected chi connectivity index (χ1v) is 12.4.